The average Bonchev–Trinajstić information content (AvgIpc) is 3.57. The highest BCUT2D eigenvalue weighted by Crippen LogP contribution is 2.54. The van der Waals surface area contributed by atoms with E-state index in [4.69, 9.17) is 11.6 Å². The Hall–Kier alpha value is -4.64. The van der Waals surface area contributed by atoms with Gasteiger partial charge in [0.05, 0.1) is 18.6 Å². The van der Waals surface area contributed by atoms with Crippen LogP contribution in [0.3, 0.4) is 0 Å². The number of hydrogen-bond donors (Lipinski definition) is 2. The van der Waals surface area contributed by atoms with E-state index in [1.54, 1.807) is 30.0 Å². The van der Waals surface area contributed by atoms with Crippen LogP contribution in [0.15, 0.2) is 55.1 Å². The van der Waals surface area contributed by atoms with Crippen LogP contribution < -0.4 is 10.2 Å². The van der Waals surface area contributed by atoms with E-state index >= 15 is 0 Å². The molecular formula is C26H18ClFN8O2. The molecule has 0 unspecified atom stereocenters. The van der Waals surface area contributed by atoms with Crippen LogP contribution in [-0.4, -0.2) is 41.5 Å². The lowest BCUT2D eigenvalue weighted by atomic mass is 9.70. The number of benzene rings is 2. The predicted molar refractivity (Wildman–Crippen MR) is 137 cm³/mol. The van der Waals surface area contributed by atoms with E-state index in [2.05, 4.69) is 30.4 Å². The Morgan fingerprint density at radius 3 is 2.74 bits per heavy atom. The van der Waals surface area contributed by atoms with Gasteiger partial charge < -0.3 is 15.2 Å². The van der Waals surface area contributed by atoms with Gasteiger partial charge in [0, 0.05) is 22.7 Å². The fourth-order valence-corrected chi connectivity index (χ4v) is 5.73. The van der Waals surface area contributed by atoms with Gasteiger partial charge in [-0.25, -0.2) is 19.3 Å². The summed E-state index contributed by atoms with van der Waals surface area (Å²) in [5.74, 6) is -0.578. The van der Waals surface area contributed by atoms with Gasteiger partial charge in [-0.3, -0.25) is 9.59 Å². The van der Waals surface area contributed by atoms with Crippen LogP contribution in [0.2, 0.25) is 5.02 Å². The van der Waals surface area contributed by atoms with Gasteiger partial charge in [0.25, 0.3) is 0 Å². The lowest BCUT2D eigenvalue weighted by molar-refractivity contribution is -0.126. The molecule has 2 amide bonds. The third-order valence-corrected chi connectivity index (χ3v) is 7.40. The molecule has 5 aromatic rings. The molecular weight excluding hydrogens is 511 g/mol. The van der Waals surface area contributed by atoms with E-state index in [1.165, 1.54) is 29.5 Å². The van der Waals surface area contributed by atoms with E-state index in [0.717, 1.165) is 5.56 Å². The fraction of sp³-hybridized carbons (Fsp3) is 0.154. The molecule has 2 aliphatic rings. The Morgan fingerprint density at radius 2 is 1.92 bits per heavy atom. The highest BCUT2D eigenvalue weighted by Gasteiger charge is 2.58. The van der Waals surface area contributed by atoms with E-state index in [-0.39, 0.29) is 18.9 Å². The summed E-state index contributed by atoms with van der Waals surface area (Å²) >= 11 is 6.05. The van der Waals surface area contributed by atoms with Crippen molar-refractivity contribution in [2.75, 3.05) is 10.2 Å². The Labute approximate surface area is 219 Å². The highest BCUT2D eigenvalue weighted by molar-refractivity contribution is 6.30. The summed E-state index contributed by atoms with van der Waals surface area (Å²) in [7, 11) is 0. The molecule has 0 fully saturated rings. The summed E-state index contributed by atoms with van der Waals surface area (Å²) in [4.78, 5) is 44.9. The number of aryl methyl sites for hydroxylation is 1. The second-order valence-corrected chi connectivity index (χ2v) is 9.77. The molecule has 2 N–H and O–H groups in total. The maximum absolute atomic E-state index is 14.7. The summed E-state index contributed by atoms with van der Waals surface area (Å²) < 4.78 is 16.2. The second-order valence-electron chi connectivity index (χ2n) is 9.33. The van der Waals surface area contributed by atoms with Crippen molar-refractivity contribution in [3.05, 3.63) is 88.3 Å². The maximum Gasteiger partial charge on any atom is 0.243 e. The highest BCUT2D eigenvalue weighted by atomic mass is 35.5. The molecule has 0 saturated carbocycles. The molecule has 3 aromatic heterocycles. The fourth-order valence-electron chi connectivity index (χ4n) is 5.61. The molecule has 188 valence electrons. The first-order chi connectivity index (χ1) is 18.4. The quantitative estimate of drug-likeness (QED) is 0.367. The molecule has 10 nitrogen and oxygen atoms in total. The van der Waals surface area contributed by atoms with Crippen LogP contribution in [0, 0.1) is 12.7 Å². The van der Waals surface area contributed by atoms with Crippen LogP contribution >= 0.6 is 11.6 Å². The van der Waals surface area contributed by atoms with Crippen LogP contribution in [0.1, 0.15) is 28.8 Å². The second kappa shape index (κ2) is 7.93. The number of rotatable bonds is 3. The lowest BCUT2D eigenvalue weighted by Gasteiger charge is -2.33. The summed E-state index contributed by atoms with van der Waals surface area (Å²) in [6, 6.07) is 11.4. The van der Waals surface area contributed by atoms with Gasteiger partial charge >= 0.3 is 0 Å². The van der Waals surface area contributed by atoms with Crippen LogP contribution in [-0.2, 0) is 21.5 Å². The number of nitrogens with zero attached hydrogens (tertiary/aromatic N) is 6. The van der Waals surface area contributed by atoms with Crippen molar-refractivity contribution in [2.45, 2.75) is 25.3 Å². The van der Waals surface area contributed by atoms with Crippen molar-refractivity contribution in [3.63, 3.8) is 0 Å². The number of halogens is 2. The minimum Gasteiger partial charge on any atom is -0.340 e. The van der Waals surface area contributed by atoms with Crippen molar-refractivity contribution in [1.82, 2.24) is 29.7 Å². The summed E-state index contributed by atoms with van der Waals surface area (Å²) in [5, 5.41) is 8.14. The van der Waals surface area contributed by atoms with Crippen molar-refractivity contribution in [2.24, 2.45) is 0 Å². The molecule has 1 spiro atoms. The van der Waals surface area contributed by atoms with Crippen molar-refractivity contribution in [3.8, 4) is 5.82 Å². The number of aromatic nitrogens is 6. The molecule has 0 aliphatic carbocycles. The number of carbonyl (C=O) groups is 2. The zero-order chi connectivity index (χ0) is 26.2. The number of imidazole rings is 1. The van der Waals surface area contributed by atoms with E-state index in [1.807, 2.05) is 12.1 Å². The number of fused-ring (bicyclic) bond motifs is 5. The molecule has 5 heterocycles. The monoisotopic (exact) mass is 528 g/mol. The molecule has 1 atom stereocenters. The summed E-state index contributed by atoms with van der Waals surface area (Å²) in [6.45, 7) is 1.98. The first kappa shape index (κ1) is 22.5. The van der Waals surface area contributed by atoms with Gasteiger partial charge in [-0.15, -0.1) is 0 Å². The summed E-state index contributed by atoms with van der Waals surface area (Å²) in [6.07, 6.45) is 2.64. The van der Waals surface area contributed by atoms with Crippen molar-refractivity contribution < 1.29 is 14.0 Å². The van der Waals surface area contributed by atoms with Crippen molar-refractivity contribution >= 4 is 46.1 Å². The molecule has 2 aliphatic heterocycles. The van der Waals surface area contributed by atoms with Crippen LogP contribution in [0.5, 0.6) is 0 Å². The zero-order valence-electron chi connectivity index (χ0n) is 19.9. The van der Waals surface area contributed by atoms with Gasteiger partial charge in [0.2, 0.25) is 11.8 Å². The number of hydrogen-bond acceptors (Lipinski definition) is 6. The molecule has 2 aromatic carbocycles. The molecule has 7 rings (SSSR count). The lowest BCUT2D eigenvalue weighted by Crippen LogP contribution is -2.46. The Morgan fingerprint density at radius 1 is 1.11 bits per heavy atom. The number of carbonyl (C=O) groups excluding carboxylic acids is 2. The normalized spacial score (nSPS) is 18.2. The van der Waals surface area contributed by atoms with Crippen LogP contribution in [0.4, 0.5) is 15.9 Å². The number of nitrogens with one attached hydrogen (secondary N) is 2. The minimum absolute atomic E-state index is 0.192. The third kappa shape index (κ3) is 3.05. The van der Waals surface area contributed by atoms with Crippen LogP contribution in [0.25, 0.3) is 17.0 Å². The first-order valence-electron chi connectivity index (χ1n) is 11.8. The Bertz CT molecular complexity index is 1800. The average molecular weight is 529 g/mol. The molecule has 0 bridgehead atoms. The number of amides is 2. The van der Waals surface area contributed by atoms with Crippen molar-refractivity contribution in [1.29, 1.82) is 0 Å². The molecule has 38 heavy (non-hydrogen) atoms. The molecule has 0 radical (unpaired) electrons. The van der Waals surface area contributed by atoms with Gasteiger partial charge in [-0.1, -0.05) is 23.7 Å². The Kier molecular flexibility index (Phi) is 4.70. The molecule has 12 heteroatoms. The largest absolute Gasteiger partial charge is 0.340 e. The van der Waals surface area contributed by atoms with Gasteiger partial charge in [-0.05, 0) is 48.4 Å². The smallest absolute Gasteiger partial charge is 0.243 e. The SMILES string of the molecule is Cc1nn(-c2ncnc3nc[nH]c23)c2c1[C@]1(CC(=O)N2)C(=O)N(Cc2ccc(Cl)cc2)c2ccc(F)cc21. The zero-order valence-corrected chi connectivity index (χ0v) is 20.6. The molecule has 0 saturated heterocycles. The number of H-pyrrole nitrogens is 1. The maximum atomic E-state index is 14.7. The summed E-state index contributed by atoms with van der Waals surface area (Å²) in [5.41, 5.74) is 2.27. The number of anilines is 2. The van der Waals surface area contributed by atoms with Gasteiger partial charge in [0.1, 0.15) is 28.9 Å². The topological polar surface area (TPSA) is 122 Å². The minimum atomic E-state index is -1.47. The Balaban J connectivity index is 1.46. The standard InChI is InChI=1S/C26H18ClFN8O2/c1-13-20-23(36(34-13)24-21-22(30-11-29-21)31-12-32-24)33-19(37)9-26(20)17-8-16(28)6-7-18(17)35(25(26)38)10-14-2-4-15(27)5-3-14/h2-8,11-12H,9-10H2,1H3,(H,33,37)(H,29,30,31,32)/t26-/m1/s1. The third-order valence-electron chi connectivity index (χ3n) is 7.15. The van der Waals surface area contributed by atoms with E-state index in [9.17, 15) is 14.0 Å². The van der Waals surface area contributed by atoms with Gasteiger partial charge in [0.15, 0.2) is 11.5 Å². The first-order valence-corrected chi connectivity index (χ1v) is 12.2. The number of aromatic amines is 1. The van der Waals surface area contributed by atoms with E-state index < -0.39 is 17.1 Å². The van der Waals surface area contributed by atoms with Gasteiger partial charge in [-0.2, -0.15) is 9.78 Å². The van der Waals surface area contributed by atoms with E-state index in [0.29, 0.717) is 50.3 Å². The predicted octanol–water partition coefficient (Wildman–Crippen LogP) is 3.81.